The van der Waals surface area contributed by atoms with Crippen LogP contribution in [-0.4, -0.2) is 35.8 Å². The van der Waals surface area contributed by atoms with E-state index < -0.39 is 6.10 Å². The summed E-state index contributed by atoms with van der Waals surface area (Å²) in [5.74, 6) is 1.39. The van der Waals surface area contributed by atoms with Crippen molar-refractivity contribution in [1.29, 1.82) is 0 Å². The molecule has 3 heteroatoms. The number of aliphatic hydroxyl groups is 1. The van der Waals surface area contributed by atoms with Gasteiger partial charge in [0.25, 0.3) is 0 Å². The summed E-state index contributed by atoms with van der Waals surface area (Å²) in [4.78, 5) is 2.31. The van der Waals surface area contributed by atoms with Crippen molar-refractivity contribution in [3.05, 3.63) is 65.2 Å². The van der Waals surface area contributed by atoms with Crippen LogP contribution in [0, 0.1) is 19.8 Å². The molecule has 0 aliphatic heterocycles. The summed E-state index contributed by atoms with van der Waals surface area (Å²) in [6.07, 6.45) is -0.510. The van der Waals surface area contributed by atoms with Gasteiger partial charge in [-0.25, -0.2) is 0 Å². The van der Waals surface area contributed by atoms with E-state index in [1.165, 1.54) is 11.1 Å². The molecular weight excluding hydrogens is 310 g/mol. The number of nitrogens with zero attached hydrogens (tertiary/aromatic N) is 1. The van der Waals surface area contributed by atoms with Gasteiger partial charge in [0.15, 0.2) is 0 Å². The van der Waals surface area contributed by atoms with Crippen LogP contribution in [0.3, 0.4) is 0 Å². The van der Waals surface area contributed by atoms with E-state index in [2.05, 4.69) is 49.9 Å². The number of benzene rings is 2. The maximum atomic E-state index is 10.4. The highest BCUT2D eigenvalue weighted by Gasteiger charge is 2.15. The first kappa shape index (κ1) is 19.5. The second kappa shape index (κ2) is 9.59. The molecule has 0 bridgehead atoms. The quantitative estimate of drug-likeness (QED) is 0.742. The molecule has 2 rings (SSSR count). The number of hydrogen-bond acceptors (Lipinski definition) is 3. The molecule has 136 valence electrons. The zero-order valence-corrected chi connectivity index (χ0v) is 15.9. The number of hydrogen-bond donors (Lipinski definition) is 1. The summed E-state index contributed by atoms with van der Waals surface area (Å²) in [6.45, 7) is 11.3. The smallest absolute Gasteiger partial charge is 0.122 e. The molecule has 0 saturated heterocycles. The topological polar surface area (TPSA) is 32.7 Å². The summed E-state index contributed by atoms with van der Waals surface area (Å²) < 4.78 is 5.79. The van der Waals surface area contributed by atoms with Crippen LogP contribution in [0.5, 0.6) is 5.75 Å². The highest BCUT2D eigenvalue weighted by molar-refractivity contribution is 5.31. The van der Waals surface area contributed by atoms with Gasteiger partial charge < -0.3 is 9.84 Å². The third-order valence-corrected chi connectivity index (χ3v) is 4.14. The normalized spacial score (nSPS) is 12.6. The lowest BCUT2D eigenvalue weighted by Gasteiger charge is -2.27. The largest absolute Gasteiger partial charge is 0.491 e. The zero-order chi connectivity index (χ0) is 18.2. The maximum absolute atomic E-state index is 10.4. The van der Waals surface area contributed by atoms with Gasteiger partial charge in [0.05, 0.1) is 0 Å². The third-order valence-electron chi connectivity index (χ3n) is 4.14. The Hall–Kier alpha value is -1.84. The summed E-state index contributed by atoms with van der Waals surface area (Å²) in [7, 11) is 0. The van der Waals surface area contributed by atoms with E-state index >= 15 is 0 Å². The number of aryl methyl sites for hydroxylation is 2. The van der Waals surface area contributed by atoms with Gasteiger partial charge in [-0.05, 0) is 37.0 Å². The Morgan fingerprint density at radius 1 is 0.960 bits per heavy atom. The highest BCUT2D eigenvalue weighted by Crippen LogP contribution is 2.16. The standard InChI is InChI=1S/C22H31NO2/c1-17(2)13-23(14-20-11-9-18(3)10-12-20)15-21(24)16-25-22-8-6-5-7-19(22)4/h5-12,17,21,24H,13-16H2,1-4H3. The minimum atomic E-state index is -0.510. The maximum Gasteiger partial charge on any atom is 0.122 e. The fraction of sp³-hybridized carbons (Fsp3) is 0.455. The minimum Gasteiger partial charge on any atom is -0.491 e. The van der Waals surface area contributed by atoms with E-state index in [9.17, 15) is 5.11 Å². The molecule has 0 aromatic heterocycles. The molecule has 0 amide bonds. The van der Waals surface area contributed by atoms with Crippen molar-refractivity contribution < 1.29 is 9.84 Å². The molecule has 0 saturated carbocycles. The van der Waals surface area contributed by atoms with E-state index in [1.54, 1.807) is 0 Å². The number of para-hydroxylation sites is 1. The molecule has 2 aromatic rings. The molecule has 0 heterocycles. The van der Waals surface area contributed by atoms with E-state index in [1.807, 2.05) is 31.2 Å². The van der Waals surface area contributed by atoms with E-state index in [-0.39, 0.29) is 0 Å². The van der Waals surface area contributed by atoms with Crippen LogP contribution >= 0.6 is 0 Å². The number of ether oxygens (including phenoxy) is 1. The van der Waals surface area contributed by atoms with Crippen molar-refractivity contribution in [3.63, 3.8) is 0 Å². The molecule has 1 N–H and O–H groups in total. The fourth-order valence-electron chi connectivity index (χ4n) is 2.93. The SMILES string of the molecule is Cc1ccc(CN(CC(C)C)CC(O)COc2ccccc2C)cc1. The van der Waals surface area contributed by atoms with E-state index in [0.29, 0.717) is 19.1 Å². The lowest BCUT2D eigenvalue weighted by molar-refractivity contribution is 0.0613. The Bertz CT molecular complexity index is 637. The highest BCUT2D eigenvalue weighted by atomic mass is 16.5. The Morgan fingerprint density at radius 3 is 2.28 bits per heavy atom. The average Bonchev–Trinajstić information content (AvgIpc) is 2.55. The summed E-state index contributed by atoms with van der Waals surface area (Å²) in [5.41, 5.74) is 3.64. The van der Waals surface area contributed by atoms with Crippen LogP contribution in [0.4, 0.5) is 0 Å². The van der Waals surface area contributed by atoms with Crippen molar-refractivity contribution in [2.24, 2.45) is 5.92 Å². The van der Waals surface area contributed by atoms with Crippen molar-refractivity contribution in [1.82, 2.24) is 4.90 Å². The van der Waals surface area contributed by atoms with Crippen molar-refractivity contribution in [2.75, 3.05) is 19.7 Å². The Morgan fingerprint density at radius 2 is 1.64 bits per heavy atom. The van der Waals surface area contributed by atoms with Gasteiger partial charge in [0, 0.05) is 19.6 Å². The monoisotopic (exact) mass is 341 g/mol. The Balaban J connectivity index is 1.91. The number of aliphatic hydroxyl groups excluding tert-OH is 1. The van der Waals surface area contributed by atoms with Crippen molar-refractivity contribution in [2.45, 2.75) is 40.3 Å². The Kier molecular flexibility index (Phi) is 7.48. The van der Waals surface area contributed by atoms with Crippen molar-refractivity contribution >= 4 is 0 Å². The second-order valence-corrected chi connectivity index (χ2v) is 7.30. The van der Waals surface area contributed by atoms with Crippen LogP contribution in [0.25, 0.3) is 0 Å². The predicted molar refractivity (Wildman–Crippen MR) is 104 cm³/mol. The first-order valence-electron chi connectivity index (χ1n) is 9.08. The van der Waals surface area contributed by atoms with Gasteiger partial charge in [0.2, 0.25) is 0 Å². The van der Waals surface area contributed by atoms with Gasteiger partial charge >= 0.3 is 0 Å². The van der Waals surface area contributed by atoms with Crippen LogP contribution < -0.4 is 4.74 Å². The minimum absolute atomic E-state index is 0.313. The molecule has 25 heavy (non-hydrogen) atoms. The molecule has 2 aromatic carbocycles. The molecular formula is C22H31NO2. The molecule has 1 atom stereocenters. The molecule has 0 fully saturated rings. The summed E-state index contributed by atoms with van der Waals surface area (Å²) in [6, 6.07) is 16.5. The molecule has 0 aliphatic carbocycles. The molecule has 3 nitrogen and oxygen atoms in total. The molecule has 1 unspecified atom stereocenters. The van der Waals surface area contributed by atoms with Gasteiger partial charge in [-0.3, -0.25) is 4.90 Å². The van der Waals surface area contributed by atoms with Crippen LogP contribution in [0.2, 0.25) is 0 Å². The van der Waals surface area contributed by atoms with E-state index in [4.69, 9.17) is 4.74 Å². The van der Waals surface area contributed by atoms with Crippen LogP contribution in [0.1, 0.15) is 30.5 Å². The first-order chi connectivity index (χ1) is 11.9. The van der Waals surface area contributed by atoms with Gasteiger partial charge in [-0.1, -0.05) is 61.9 Å². The average molecular weight is 341 g/mol. The summed E-state index contributed by atoms with van der Waals surface area (Å²) in [5, 5.41) is 10.4. The van der Waals surface area contributed by atoms with Gasteiger partial charge in [0.1, 0.15) is 18.5 Å². The lowest BCUT2D eigenvalue weighted by Crippen LogP contribution is -2.37. The van der Waals surface area contributed by atoms with Crippen LogP contribution in [-0.2, 0) is 6.54 Å². The number of rotatable bonds is 9. The third kappa shape index (κ3) is 6.89. The summed E-state index contributed by atoms with van der Waals surface area (Å²) >= 11 is 0. The fourth-order valence-corrected chi connectivity index (χ4v) is 2.93. The van der Waals surface area contributed by atoms with E-state index in [0.717, 1.165) is 24.4 Å². The zero-order valence-electron chi connectivity index (χ0n) is 15.9. The lowest BCUT2D eigenvalue weighted by atomic mass is 10.1. The van der Waals surface area contributed by atoms with Crippen LogP contribution in [0.15, 0.2) is 48.5 Å². The molecule has 0 radical (unpaired) electrons. The van der Waals surface area contributed by atoms with Gasteiger partial charge in [-0.2, -0.15) is 0 Å². The second-order valence-electron chi connectivity index (χ2n) is 7.30. The first-order valence-corrected chi connectivity index (χ1v) is 9.08. The predicted octanol–water partition coefficient (Wildman–Crippen LogP) is 4.20. The Labute approximate surface area is 152 Å². The van der Waals surface area contributed by atoms with Crippen molar-refractivity contribution in [3.8, 4) is 5.75 Å². The molecule has 0 spiro atoms. The van der Waals surface area contributed by atoms with Gasteiger partial charge in [-0.15, -0.1) is 0 Å². The molecule has 0 aliphatic rings.